The highest BCUT2D eigenvalue weighted by Crippen LogP contribution is 2.23. The van der Waals surface area contributed by atoms with Gasteiger partial charge in [-0.3, -0.25) is 9.69 Å². The van der Waals surface area contributed by atoms with Crippen molar-refractivity contribution in [2.45, 2.75) is 31.8 Å². The van der Waals surface area contributed by atoms with Crippen LogP contribution in [0.4, 0.5) is 4.39 Å². The Hall–Kier alpha value is -1.62. The van der Waals surface area contributed by atoms with E-state index < -0.39 is 0 Å². The number of carbonyl (C=O) groups excluding carboxylic acids is 1. The number of likely N-dealkylation sites (tertiary alicyclic amines) is 1. The van der Waals surface area contributed by atoms with Gasteiger partial charge >= 0.3 is 5.97 Å². The molecule has 0 N–H and O–H groups in total. The molecule has 1 fully saturated rings. The second kappa shape index (κ2) is 6.70. The smallest absolute Gasteiger partial charge is 0.323 e. The summed E-state index contributed by atoms with van der Waals surface area (Å²) in [4.78, 5) is 13.8. The molecule has 1 aliphatic heterocycles. The Morgan fingerprint density at radius 1 is 1.40 bits per heavy atom. The van der Waals surface area contributed by atoms with Crippen LogP contribution in [0.5, 0.6) is 5.75 Å². The first-order valence-electron chi connectivity index (χ1n) is 6.80. The third-order valence-corrected chi connectivity index (χ3v) is 3.69. The molecule has 0 saturated carbocycles. The van der Waals surface area contributed by atoms with Gasteiger partial charge in [-0.2, -0.15) is 0 Å². The van der Waals surface area contributed by atoms with Crippen LogP contribution in [0.1, 0.15) is 24.8 Å². The van der Waals surface area contributed by atoms with E-state index in [9.17, 15) is 9.18 Å². The normalized spacial score (nSPS) is 19.6. The highest BCUT2D eigenvalue weighted by Gasteiger charge is 2.29. The summed E-state index contributed by atoms with van der Waals surface area (Å²) in [5.41, 5.74) is 0.833. The number of hydrogen-bond donors (Lipinski definition) is 0. The van der Waals surface area contributed by atoms with Crippen LogP contribution in [0, 0.1) is 5.82 Å². The number of nitrogens with zero attached hydrogens (tertiary/aromatic N) is 1. The average molecular weight is 281 g/mol. The summed E-state index contributed by atoms with van der Waals surface area (Å²) in [6, 6.07) is 4.67. The molecule has 4 nitrogen and oxygen atoms in total. The van der Waals surface area contributed by atoms with Crippen LogP contribution in [0.3, 0.4) is 0 Å². The molecule has 1 aliphatic rings. The van der Waals surface area contributed by atoms with Crippen LogP contribution in [-0.4, -0.2) is 37.7 Å². The van der Waals surface area contributed by atoms with Gasteiger partial charge in [0.2, 0.25) is 0 Å². The van der Waals surface area contributed by atoms with Gasteiger partial charge in [0.05, 0.1) is 14.2 Å². The van der Waals surface area contributed by atoms with Crippen molar-refractivity contribution in [1.29, 1.82) is 0 Å². The molecule has 5 heteroatoms. The highest BCUT2D eigenvalue weighted by molar-refractivity contribution is 5.75. The summed E-state index contributed by atoms with van der Waals surface area (Å²) in [6.45, 7) is 1.37. The third kappa shape index (κ3) is 3.28. The quantitative estimate of drug-likeness (QED) is 0.794. The van der Waals surface area contributed by atoms with Crippen molar-refractivity contribution >= 4 is 5.97 Å². The van der Waals surface area contributed by atoms with E-state index in [1.165, 1.54) is 20.3 Å². The lowest BCUT2D eigenvalue weighted by molar-refractivity contribution is -0.148. The van der Waals surface area contributed by atoms with E-state index in [1.54, 1.807) is 6.07 Å². The van der Waals surface area contributed by atoms with Crippen LogP contribution in [0.25, 0.3) is 0 Å². The summed E-state index contributed by atoms with van der Waals surface area (Å²) in [6.07, 6.45) is 2.87. The Morgan fingerprint density at radius 2 is 2.20 bits per heavy atom. The topological polar surface area (TPSA) is 38.8 Å². The highest BCUT2D eigenvalue weighted by atomic mass is 19.1. The van der Waals surface area contributed by atoms with Crippen molar-refractivity contribution in [3.8, 4) is 5.75 Å². The van der Waals surface area contributed by atoms with E-state index >= 15 is 0 Å². The van der Waals surface area contributed by atoms with Gasteiger partial charge in [-0.05, 0) is 37.1 Å². The van der Waals surface area contributed by atoms with Crippen molar-refractivity contribution in [3.63, 3.8) is 0 Å². The first-order valence-corrected chi connectivity index (χ1v) is 6.80. The van der Waals surface area contributed by atoms with E-state index in [0.717, 1.165) is 31.4 Å². The molecule has 110 valence electrons. The van der Waals surface area contributed by atoms with Crippen LogP contribution in [-0.2, 0) is 16.1 Å². The molecular formula is C15H20FNO3. The molecule has 0 amide bonds. The minimum absolute atomic E-state index is 0.210. The maximum Gasteiger partial charge on any atom is 0.323 e. The summed E-state index contributed by atoms with van der Waals surface area (Å²) in [5, 5.41) is 0. The standard InChI is InChI=1S/C15H20FNO3/c1-19-14-7-6-11(9-12(14)16)10-17-8-4-3-5-13(17)15(18)20-2/h6-7,9,13H,3-5,8,10H2,1-2H3. The largest absolute Gasteiger partial charge is 0.494 e. The van der Waals surface area contributed by atoms with Crippen molar-refractivity contribution in [2.24, 2.45) is 0 Å². The number of hydrogen-bond acceptors (Lipinski definition) is 4. The van der Waals surface area contributed by atoms with E-state index in [4.69, 9.17) is 9.47 Å². The molecule has 0 radical (unpaired) electrons. The molecule has 1 aromatic rings. The number of benzene rings is 1. The van der Waals surface area contributed by atoms with E-state index in [1.807, 2.05) is 6.07 Å². The molecule has 0 aliphatic carbocycles. The first-order chi connectivity index (χ1) is 9.65. The maximum atomic E-state index is 13.7. The minimum Gasteiger partial charge on any atom is -0.494 e. The number of ether oxygens (including phenoxy) is 2. The average Bonchev–Trinajstić information content (AvgIpc) is 2.47. The van der Waals surface area contributed by atoms with Gasteiger partial charge in [0.1, 0.15) is 6.04 Å². The molecule has 1 heterocycles. The van der Waals surface area contributed by atoms with Crippen molar-refractivity contribution in [1.82, 2.24) is 4.90 Å². The number of methoxy groups -OCH3 is 2. The Labute approximate surface area is 118 Å². The second-order valence-electron chi connectivity index (χ2n) is 4.97. The van der Waals surface area contributed by atoms with Gasteiger partial charge in [-0.15, -0.1) is 0 Å². The summed E-state index contributed by atoms with van der Waals surface area (Å²) >= 11 is 0. The fourth-order valence-electron chi connectivity index (χ4n) is 2.63. The first kappa shape index (κ1) is 14.8. The van der Waals surface area contributed by atoms with Gasteiger partial charge in [0.25, 0.3) is 0 Å². The van der Waals surface area contributed by atoms with E-state index in [-0.39, 0.29) is 23.6 Å². The zero-order valence-electron chi connectivity index (χ0n) is 11.9. The lowest BCUT2D eigenvalue weighted by Gasteiger charge is -2.33. The van der Waals surface area contributed by atoms with Gasteiger partial charge in [0, 0.05) is 6.54 Å². The zero-order chi connectivity index (χ0) is 14.5. The number of rotatable bonds is 4. The lowest BCUT2D eigenvalue weighted by atomic mass is 10.0. The van der Waals surface area contributed by atoms with Gasteiger partial charge < -0.3 is 9.47 Å². The molecule has 1 unspecified atom stereocenters. The summed E-state index contributed by atoms with van der Waals surface area (Å²) in [7, 11) is 2.85. The van der Waals surface area contributed by atoms with Crippen LogP contribution < -0.4 is 4.74 Å². The molecule has 0 spiro atoms. The Bertz CT molecular complexity index is 478. The van der Waals surface area contributed by atoms with Crippen LogP contribution in [0.2, 0.25) is 0 Å². The molecule has 1 aromatic carbocycles. The van der Waals surface area contributed by atoms with Crippen molar-refractivity contribution in [3.05, 3.63) is 29.6 Å². The van der Waals surface area contributed by atoms with Crippen LogP contribution >= 0.6 is 0 Å². The van der Waals surface area contributed by atoms with Gasteiger partial charge in [0.15, 0.2) is 11.6 Å². The number of carbonyl (C=O) groups is 1. The maximum absolute atomic E-state index is 13.7. The number of piperidine rings is 1. The van der Waals surface area contributed by atoms with E-state index in [0.29, 0.717) is 6.54 Å². The Kier molecular flexibility index (Phi) is 4.95. The SMILES string of the molecule is COC(=O)C1CCCCN1Cc1ccc(OC)c(F)c1. The molecular weight excluding hydrogens is 261 g/mol. The molecule has 0 aromatic heterocycles. The van der Waals surface area contributed by atoms with E-state index in [2.05, 4.69) is 4.90 Å². The van der Waals surface area contributed by atoms with Gasteiger partial charge in [-0.1, -0.05) is 12.5 Å². The molecule has 0 bridgehead atoms. The number of halogens is 1. The third-order valence-electron chi connectivity index (χ3n) is 3.69. The van der Waals surface area contributed by atoms with Crippen molar-refractivity contribution < 1.29 is 18.7 Å². The fourth-order valence-corrected chi connectivity index (χ4v) is 2.63. The number of esters is 1. The monoisotopic (exact) mass is 281 g/mol. The summed E-state index contributed by atoms with van der Waals surface area (Å²) in [5.74, 6) is -0.354. The lowest BCUT2D eigenvalue weighted by Crippen LogP contribution is -2.44. The van der Waals surface area contributed by atoms with Crippen molar-refractivity contribution in [2.75, 3.05) is 20.8 Å². The van der Waals surface area contributed by atoms with Crippen LogP contribution in [0.15, 0.2) is 18.2 Å². The second-order valence-corrected chi connectivity index (χ2v) is 4.97. The molecule has 1 atom stereocenters. The zero-order valence-corrected chi connectivity index (χ0v) is 11.9. The fraction of sp³-hybridized carbons (Fsp3) is 0.533. The van der Waals surface area contributed by atoms with Gasteiger partial charge in [-0.25, -0.2) is 4.39 Å². The predicted octanol–water partition coefficient (Wildman–Crippen LogP) is 2.36. The molecule has 1 saturated heterocycles. The minimum atomic E-state index is -0.378. The summed E-state index contributed by atoms with van der Waals surface area (Å²) < 4.78 is 23.4. The molecule has 2 rings (SSSR count). The predicted molar refractivity (Wildman–Crippen MR) is 73.0 cm³/mol. The Morgan fingerprint density at radius 3 is 2.85 bits per heavy atom. The molecule has 20 heavy (non-hydrogen) atoms. The Balaban J connectivity index is 2.10.